The second-order valence-corrected chi connectivity index (χ2v) is 3.85. The number of pyridine rings is 1. The predicted molar refractivity (Wildman–Crippen MR) is 58.2 cm³/mol. The lowest BCUT2D eigenvalue weighted by molar-refractivity contribution is -0.190. The second-order valence-electron chi connectivity index (χ2n) is 3.45. The molecule has 1 N–H and O–H groups in total. The van der Waals surface area contributed by atoms with E-state index in [1.54, 1.807) is 7.05 Å². The van der Waals surface area contributed by atoms with Gasteiger partial charge in [0.2, 0.25) is 5.88 Å². The maximum Gasteiger partial charge on any atom is 0.425 e. The van der Waals surface area contributed by atoms with Crippen molar-refractivity contribution < 1.29 is 17.9 Å². The molecule has 0 fully saturated rings. The Balaban J connectivity index is 2.82. The summed E-state index contributed by atoms with van der Waals surface area (Å²) in [5, 5.41) is 3.23. The molecule has 0 radical (unpaired) electrons. The number of nitrogens with zero attached hydrogens (tertiary/aromatic N) is 1. The van der Waals surface area contributed by atoms with Crippen LogP contribution in [0.15, 0.2) is 12.3 Å². The molecule has 7 heteroatoms. The quantitative estimate of drug-likeness (QED) is 0.912. The highest BCUT2D eigenvalue weighted by Gasteiger charge is 2.38. The Morgan fingerprint density at radius 1 is 1.53 bits per heavy atom. The van der Waals surface area contributed by atoms with Crippen molar-refractivity contribution in [2.45, 2.75) is 25.7 Å². The number of halogens is 4. The van der Waals surface area contributed by atoms with Crippen molar-refractivity contribution in [2.24, 2.45) is 0 Å². The van der Waals surface area contributed by atoms with Crippen molar-refractivity contribution in [2.75, 3.05) is 7.05 Å². The zero-order chi connectivity index (χ0) is 13.1. The van der Waals surface area contributed by atoms with E-state index in [1.807, 2.05) is 0 Å². The topological polar surface area (TPSA) is 34.1 Å². The maximum absolute atomic E-state index is 12.3. The molecule has 1 aromatic heterocycles. The van der Waals surface area contributed by atoms with Crippen molar-refractivity contribution >= 4 is 11.6 Å². The third-order valence-corrected chi connectivity index (χ3v) is 2.38. The van der Waals surface area contributed by atoms with Crippen LogP contribution < -0.4 is 10.1 Å². The van der Waals surface area contributed by atoms with Gasteiger partial charge in [0.1, 0.15) is 0 Å². The van der Waals surface area contributed by atoms with Crippen LogP contribution in [0.1, 0.15) is 12.5 Å². The first kappa shape index (κ1) is 14.1. The van der Waals surface area contributed by atoms with Gasteiger partial charge in [-0.05, 0) is 19.5 Å². The Morgan fingerprint density at radius 2 is 2.18 bits per heavy atom. The first-order valence-electron chi connectivity index (χ1n) is 4.87. The van der Waals surface area contributed by atoms with Crippen molar-refractivity contribution in [1.82, 2.24) is 10.3 Å². The number of ether oxygens (including phenoxy) is 1. The van der Waals surface area contributed by atoms with Crippen LogP contribution in [-0.2, 0) is 6.54 Å². The van der Waals surface area contributed by atoms with Gasteiger partial charge in [0.25, 0.3) is 0 Å². The van der Waals surface area contributed by atoms with Gasteiger partial charge in [0.15, 0.2) is 6.10 Å². The standard InChI is InChI=1S/C10H12ClF3N2O/c1-6(10(12,13)14)17-9-3-7(4-15-2)8(11)5-16-9/h3,5-6,15H,4H2,1-2H3. The number of nitrogens with one attached hydrogen (secondary N) is 1. The second kappa shape index (κ2) is 5.55. The van der Waals surface area contributed by atoms with Crippen LogP contribution in [0, 0.1) is 0 Å². The molecule has 1 heterocycles. The molecule has 1 aromatic rings. The molecule has 0 aromatic carbocycles. The van der Waals surface area contributed by atoms with Crippen LogP contribution in [0.2, 0.25) is 5.02 Å². The zero-order valence-electron chi connectivity index (χ0n) is 9.31. The lowest BCUT2D eigenvalue weighted by atomic mass is 10.2. The molecule has 0 aliphatic heterocycles. The number of aromatic nitrogens is 1. The average Bonchev–Trinajstić information content (AvgIpc) is 2.22. The summed E-state index contributed by atoms with van der Waals surface area (Å²) >= 11 is 5.82. The maximum atomic E-state index is 12.3. The molecular weight excluding hydrogens is 257 g/mol. The van der Waals surface area contributed by atoms with Gasteiger partial charge in [-0.15, -0.1) is 0 Å². The summed E-state index contributed by atoms with van der Waals surface area (Å²) in [5.41, 5.74) is 0.633. The number of hydrogen-bond donors (Lipinski definition) is 1. The van der Waals surface area contributed by atoms with Crippen LogP contribution in [0.25, 0.3) is 0 Å². The van der Waals surface area contributed by atoms with E-state index in [0.29, 0.717) is 17.1 Å². The minimum atomic E-state index is -4.41. The van der Waals surface area contributed by atoms with Gasteiger partial charge in [0, 0.05) is 18.8 Å². The molecule has 0 saturated carbocycles. The van der Waals surface area contributed by atoms with Gasteiger partial charge >= 0.3 is 6.18 Å². The monoisotopic (exact) mass is 268 g/mol. The molecule has 0 spiro atoms. The molecule has 1 unspecified atom stereocenters. The number of rotatable bonds is 4. The summed E-state index contributed by atoms with van der Waals surface area (Å²) in [6.07, 6.45) is -5.05. The molecule has 0 saturated heterocycles. The Morgan fingerprint density at radius 3 is 2.71 bits per heavy atom. The lowest BCUT2D eigenvalue weighted by Gasteiger charge is -2.17. The number of alkyl halides is 3. The van der Waals surface area contributed by atoms with Gasteiger partial charge < -0.3 is 10.1 Å². The summed E-state index contributed by atoms with van der Waals surface area (Å²) < 4.78 is 41.5. The minimum Gasteiger partial charge on any atom is -0.465 e. The molecule has 3 nitrogen and oxygen atoms in total. The van der Waals surface area contributed by atoms with Crippen LogP contribution in [-0.4, -0.2) is 24.3 Å². The zero-order valence-corrected chi connectivity index (χ0v) is 10.1. The molecule has 1 rings (SSSR count). The summed E-state index contributed by atoms with van der Waals surface area (Å²) in [5.74, 6) is -0.0931. The summed E-state index contributed by atoms with van der Waals surface area (Å²) in [6, 6.07) is 1.39. The predicted octanol–water partition coefficient (Wildman–Crippen LogP) is 2.78. The Bertz CT molecular complexity index is 384. The summed E-state index contributed by atoms with van der Waals surface area (Å²) in [6.45, 7) is 1.35. The van der Waals surface area contributed by atoms with Gasteiger partial charge in [-0.1, -0.05) is 11.6 Å². The van der Waals surface area contributed by atoms with Crippen molar-refractivity contribution in [3.63, 3.8) is 0 Å². The molecule has 17 heavy (non-hydrogen) atoms. The van der Waals surface area contributed by atoms with Gasteiger partial charge in [-0.3, -0.25) is 0 Å². The normalized spacial score (nSPS) is 13.5. The van der Waals surface area contributed by atoms with E-state index in [9.17, 15) is 13.2 Å². The average molecular weight is 269 g/mol. The van der Waals surface area contributed by atoms with E-state index >= 15 is 0 Å². The Labute approximate surface area is 102 Å². The lowest BCUT2D eigenvalue weighted by Crippen LogP contribution is -2.31. The van der Waals surface area contributed by atoms with E-state index in [2.05, 4.69) is 10.3 Å². The first-order valence-corrected chi connectivity index (χ1v) is 5.24. The Kier molecular flexibility index (Phi) is 4.59. The summed E-state index contributed by atoms with van der Waals surface area (Å²) in [4.78, 5) is 3.69. The molecular formula is C10H12ClF3N2O. The first-order chi connectivity index (χ1) is 7.84. The van der Waals surface area contributed by atoms with Crippen molar-refractivity contribution in [3.05, 3.63) is 22.8 Å². The van der Waals surface area contributed by atoms with Gasteiger partial charge in [0.05, 0.1) is 5.02 Å². The number of hydrogen-bond acceptors (Lipinski definition) is 3. The highest BCUT2D eigenvalue weighted by molar-refractivity contribution is 6.31. The SMILES string of the molecule is CNCc1cc(OC(C)C(F)(F)F)ncc1Cl. The van der Waals surface area contributed by atoms with Crippen LogP contribution in [0.3, 0.4) is 0 Å². The van der Waals surface area contributed by atoms with Gasteiger partial charge in [-0.25, -0.2) is 4.98 Å². The van der Waals surface area contributed by atoms with Crippen LogP contribution >= 0.6 is 11.6 Å². The third kappa shape index (κ3) is 4.05. The van der Waals surface area contributed by atoms with Crippen molar-refractivity contribution in [3.8, 4) is 5.88 Å². The fourth-order valence-electron chi connectivity index (χ4n) is 1.10. The molecule has 0 aliphatic rings. The van der Waals surface area contributed by atoms with E-state index < -0.39 is 12.3 Å². The van der Waals surface area contributed by atoms with E-state index in [1.165, 1.54) is 12.3 Å². The minimum absolute atomic E-state index is 0.0931. The summed E-state index contributed by atoms with van der Waals surface area (Å²) in [7, 11) is 1.70. The van der Waals surface area contributed by atoms with Gasteiger partial charge in [-0.2, -0.15) is 13.2 Å². The highest BCUT2D eigenvalue weighted by atomic mass is 35.5. The largest absolute Gasteiger partial charge is 0.465 e. The molecule has 1 atom stereocenters. The Hall–Kier alpha value is -1.01. The van der Waals surface area contributed by atoms with Crippen LogP contribution in [0.5, 0.6) is 5.88 Å². The van der Waals surface area contributed by atoms with Crippen molar-refractivity contribution in [1.29, 1.82) is 0 Å². The molecule has 0 aliphatic carbocycles. The van der Waals surface area contributed by atoms with E-state index in [-0.39, 0.29) is 5.88 Å². The van der Waals surface area contributed by atoms with E-state index in [4.69, 9.17) is 16.3 Å². The van der Waals surface area contributed by atoms with E-state index in [0.717, 1.165) is 6.92 Å². The molecule has 0 amide bonds. The third-order valence-electron chi connectivity index (χ3n) is 2.04. The fourth-order valence-corrected chi connectivity index (χ4v) is 1.27. The highest BCUT2D eigenvalue weighted by Crippen LogP contribution is 2.25. The van der Waals surface area contributed by atoms with Crippen LogP contribution in [0.4, 0.5) is 13.2 Å². The fraction of sp³-hybridized carbons (Fsp3) is 0.500. The smallest absolute Gasteiger partial charge is 0.425 e. The molecule has 0 bridgehead atoms. The molecule has 96 valence electrons.